The van der Waals surface area contributed by atoms with Crippen LogP contribution in [0.4, 0.5) is 0 Å². The largest absolute Gasteiger partial charge is 0.508 e. The molecule has 0 spiro atoms. The van der Waals surface area contributed by atoms with Crippen LogP contribution in [0.25, 0.3) is 0 Å². The van der Waals surface area contributed by atoms with Gasteiger partial charge in [-0.1, -0.05) is 26.0 Å². The van der Waals surface area contributed by atoms with Crippen molar-refractivity contribution >= 4 is 76.9 Å². The van der Waals surface area contributed by atoms with E-state index in [4.69, 9.17) is 15.9 Å². The number of carbonyl (C=O) groups excluding carboxylic acids is 9. The van der Waals surface area contributed by atoms with Gasteiger partial charge in [-0.3, -0.25) is 47.9 Å². The lowest BCUT2D eigenvalue weighted by molar-refractivity contribution is -0.143. The summed E-state index contributed by atoms with van der Waals surface area (Å²) in [6.45, 7) is 1.15. The lowest BCUT2D eigenvalue weighted by Gasteiger charge is -2.29. The highest BCUT2D eigenvalue weighted by Gasteiger charge is 2.37. The molecule has 410 valence electrons. The number of carboxylic acids is 2. The van der Waals surface area contributed by atoms with Crippen molar-refractivity contribution in [3.05, 3.63) is 29.8 Å². The van der Waals surface area contributed by atoms with Crippen LogP contribution in [0.3, 0.4) is 0 Å². The van der Waals surface area contributed by atoms with Crippen LogP contribution in [-0.4, -0.2) is 211 Å². The Balaban J connectivity index is 3.27. The number of aromatic hydroxyl groups is 1. The van der Waals surface area contributed by atoms with Crippen LogP contribution >= 0.6 is 11.8 Å². The highest BCUT2D eigenvalue weighted by Crippen LogP contribution is 2.13. The number of rotatable bonds is 33. The van der Waals surface area contributed by atoms with E-state index in [2.05, 4.69) is 47.9 Å². The lowest BCUT2D eigenvalue weighted by Crippen LogP contribution is -2.63. The number of phenolic OH excluding ortho intramolecular Hbond substituents is 1. The maximum absolute atomic E-state index is 13.9. The molecule has 30 heteroatoms. The molecule has 11 atom stereocenters. The number of phenols is 1. The van der Waals surface area contributed by atoms with Crippen LogP contribution in [0.2, 0.25) is 0 Å². The number of carboxylic acid groups (broad SMARTS) is 2. The van der Waals surface area contributed by atoms with Gasteiger partial charge in [-0.2, -0.15) is 11.8 Å². The Morgan fingerprint density at radius 1 is 0.521 bits per heavy atom. The molecule has 0 bridgehead atoms. The number of hydrogen-bond acceptors (Lipinski definition) is 19. The van der Waals surface area contributed by atoms with E-state index in [-0.39, 0.29) is 24.3 Å². The van der Waals surface area contributed by atoms with Gasteiger partial charge in [0, 0.05) is 12.8 Å². The van der Waals surface area contributed by atoms with E-state index in [1.54, 1.807) is 6.26 Å². The summed E-state index contributed by atoms with van der Waals surface area (Å²) in [5, 5.41) is 98.2. The number of thioether (sulfide) groups is 1. The minimum absolute atomic E-state index is 0.0554. The first-order valence-corrected chi connectivity index (χ1v) is 24.0. The van der Waals surface area contributed by atoms with E-state index in [1.165, 1.54) is 56.8 Å². The highest BCUT2D eigenvalue weighted by molar-refractivity contribution is 7.98. The van der Waals surface area contributed by atoms with Gasteiger partial charge in [0.2, 0.25) is 53.2 Å². The zero-order valence-electron chi connectivity index (χ0n) is 40.7. The number of hydrogen-bond donors (Lipinski definition) is 18. The van der Waals surface area contributed by atoms with Gasteiger partial charge in [-0.05, 0) is 62.3 Å². The molecule has 0 aliphatic rings. The Morgan fingerprint density at radius 3 is 1.40 bits per heavy atom. The fourth-order valence-electron chi connectivity index (χ4n) is 6.24. The molecule has 19 N–H and O–H groups in total. The monoisotopic (exact) mass is 1060 g/mol. The van der Waals surface area contributed by atoms with E-state index < -0.39 is 177 Å². The average Bonchev–Trinajstić information content (AvgIpc) is 3.33. The van der Waals surface area contributed by atoms with Crippen molar-refractivity contribution in [2.45, 2.75) is 120 Å². The third-order valence-corrected chi connectivity index (χ3v) is 11.2. The summed E-state index contributed by atoms with van der Waals surface area (Å²) in [5.74, 6) is -13.4. The maximum Gasteiger partial charge on any atom is 0.326 e. The third-order valence-electron chi connectivity index (χ3n) is 10.6. The van der Waals surface area contributed by atoms with Gasteiger partial charge < -0.3 is 94.4 Å². The fraction of sp³-hybridized carbons (Fsp3) is 0.605. The van der Waals surface area contributed by atoms with Gasteiger partial charge in [-0.25, -0.2) is 4.79 Å². The molecule has 1 aromatic carbocycles. The zero-order chi connectivity index (χ0) is 55.7. The summed E-state index contributed by atoms with van der Waals surface area (Å²) in [4.78, 5) is 142. The lowest BCUT2D eigenvalue weighted by atomic mass is 10.0. The van der Waals surface area contributed by atoms with Gasteiger partial charge >= 0.3 is 11.9 Å². The highest BCUT2D eigenvalue weighted by atomic mass is 32.2. The topological polar surface area (TPSA) is 484 Å². The van der Waals surface area contributed by atoms with Crippen LogP contribution in [0, 0.1) is 5.92 Å². The van der Waals surface area contributed by atoms with Gasteiger partial charge in [0.15, 0.2) is 0 Å². The first kappa shape index (κ1) is 64.3. The van der Waals surface area contributed by atoms with E-state index in [0.29, 0.717) is 5.56 Å². The summed E-state index contributed by atoms with van der Waals surface area (Å²) in [6, 6.07) is -10.9. The van der Waals surface area contributed by atoms with E-state index in [1.807, 2.05) is 0 Å². The van der Waals surface area contributed by atoms with Crippen molar-refractivity contribution in [3.63, 3.8) is 0 Å². The van der Waals surface area contributed by atoms with Gasteiger partial charge in [-0.15, -0.1) is 0 Å². The number of aliphatic hydroxyl groups is 5. The standard InChI is InChI=1S/C43H68N10O19S/c1-19(2)32(52-39(67)30(18-57)51-42(70)33(21(4)58)53-40(68)29(17-56)49-34(62)20(3)45-35(63)24(44)15-54)41(69)50-28(16-55)38(66)48-27(14-22-6-8-23(59)9-7-22)37(65)46-25(12-13-73-5)36(64)47-26(43(71)72)10-11-31(60)61/h6-9,19-21,24-30,32-33,54-59H,10-18,44H2,1-5H3,(H,45,63)(H,46,65)(H,47,64)(H,48,66)(H,49,62)(H,50,69)(H,51,70)(H,52,67)(H,53,68)(H,60,61)(H,71,72)/t20-,21+,24-,25-,26-,27-,28-,29-,30-,32-,33-/m0/s1. The molecule has 0 heterocycles. The van der Waals surface area contributed by atoms with Gasteiger partial charge in [0.1, 0.15) is 66.2 Å². The van der Waals surface area contributed by atoms with E-state index >= 15 is 0 Å². The number of aliphatic carboxylic acids is 2. The molecule has 0 aliphatic heterocycles. The quantitative estimate of drug-likeness (QED) is 0.0311. The Labute approximate surface area is 422 Å². The second-order valence-corrected chi connectivity index (χ2v) is 17.8. The minimum atomic E-state index is -1.90. The molecule has 0 aromatic heterocycles. The van der Waals surface area contributed by atoms with Crippen LogP contribution in [0.15, 0.2) is 24.3 Å². The van der Waals surface area contributed by atoms with Crippen molar-refractivity contribution in [2.75, 3.05) is 38.4 Å². The molecular weight excluding hydrogens is 993 g/mol. The number of aliphatic hydroxyl groups excluding tert-OH is 5. The molecule has 0 saturated heterocycles. The van der Waals surface area contributed by atoms with Crippen molar-refractivity contribution < 1.29 is 93.6 Å². The molecule has 1 aromatic rings. The Bertz CT molecular complexity index is 2070. The maximum atomic E-state index is 13.9. The Kier molecular flexibility index (Phi) is 28.5. The second kappa shape index (κ2) is 32.4. The van der Waals surface area contributed by atoms with Crippen LogP contribution in [0.5, 0.6) is 5.75 Å². The van der Waals surface area contributed by atoms with Crippen LogP contribution in [0.1, 0.15) is 52.5 Å². The van der Waals surface area contributed by atoms with Crippen molar-refractivity contribution in [3.8, 4) is 5.75 Å². The van der Waals surface area contributed by atoms with Crippen molar-refractivity contribution in [1.82, 2.24) is 47.9 Å². The van der Waals surface area contributed by atoms with Crippen LogP contribution < -0.4 is 53.6 Å². The first-order valence-electron chi connectivity index (χ1n) is 22.6. The van der Waals surface area contributed by atoms with Crippen LogP contribution in [-0.2, 0) is 59.2 Å². The van der Waals surface area contributed by atoms with Crippen molar-refractivity contribution in [1.29, 1.82) is 0 Å². The zero-order valence-corrected chi connectivity index (χ0v) is 41.5. The number of amides is 9. The number of benzene rings is 1. The van der Waals surface area contributed by atoms with E-state index in [0.717, 1.165) is 6.92 Å². The Morgan fingerprint density at radius 2 is 0.945 bits per heavy atom. The summed E-state index contributed by atoms with van der Waals surface area (Å²) >= 11 is 1.27. The SMILES string of the molecule is CSCC[C@H](NC(=O)[C@H](Cc1ccc(O)cc1)NC(=O)[C@H](CO)NC(=O)[C@@H](NC(=O)[C@H](CO)NC(=O)[C@@H](NC(=O)[C@H](CO)NC(=O)[C@H](C)NC(=O)[C@@H](N)CO)[C@@H](C)O)C(C)C)C(=O)N[C@@H](CCC(=O)O)C(=O)O. The fourth-order valence-corrected chi connectivity index (χ4v) is 6.71. The number of nitrogens with one attached hydrogen (secondary N) is 9. The molecule has 73 heavy (non-hydrogen) atoms. The van der Waals surface area contributed by atoms with Gasteiger partial charge in [0.25, 0.3) is 0 Å². The molecule has 29 nitrogen and oxygen atoms in total. The summed E-state index contributed by atoms with van der Waals surface area (Å²) in [5.41, 5.74) is 5.77. The smallest absolute Gasteiger partial charge is 0.326 e. The predicted octanol–water partition coefficient (Wildman–Crippen LogP) is -7.65. The second-order valence-electron chi connectivity index (χ2n) is 16.8. The summed E-state index contributed by atoms with van der Waals surface area (Å²) < 4.78 is 0. The minimum Gasteiger partial charge on any atom is -0.508 e. The average molecular weight is 1060 g/mol. The Hall–Kier alpha value is -6.70. The number of nitrogens with two attached hydrogens (primary N) is 1. The molecule has 0 unspecified atom stereocenters. The molecule has 0 fully saturated rings. The summed E-state index contributed by atoms with van der Waals surface area (Å²) in [6.07, 6.45) is -1.46. The summed E-state index contributed by atoms with van der Waals surface area (Å²) in [7, 11) is 0. The molecule has 0 radical (unpaired) electrons. The molecule has 0 saturated carbocycles. The molecule has 9 amide bonds. The predicted molar refractivity (Wildman–Crippen MR) is 255 cm³/mol. The van der Waals surface area contributed by atoms with E-state index in [9.17, 15) is 83.4 Å². The molecular formula is C43H68N10O19S. The van der Waals surface area contributed by atoms with Gasteiger partial charge in [0.05, 0.1) is 32.5 Å². The molecule has 0 aliphatic carbocycles. The molecule has 1 rings (SSSR count). The number of carbonyl (C=O) groups is 11. The van der Waals surface area contributed by atoms with Crippen molar-refractivity contribution in [2.24, 2.45) is 11.7 Å². The normalized spacial score (nSPS) is 15.6. The first-order chi connectivity index (χ1) is 34.2. The third kappa shape index (κ3) is 22.3.